The Morgan fingerprint density at radius 1 is 1.20 bits per heavy atom. The molecule has 184 valence electrons. The molecule has 1 aliphatic rings. The van der Waals surface area contributed by atoms with Crippen LogP contribution in [0, 0.1) is 13.8 Å². The zero-order chi connectivity index (χ0) is 25.1. The molecule has 0 bridgehead atoms. The Kier molecular flexibility index (Phi) is 7.72. The molecule has 1 N–H and O–H groups in total. The molecule has 1 unspecified atom stereocenters. The quantitative estimate of drug-likeness (QED) is 0.286. The summed E-state index contributed by atoms with van der Waals surface area (Å²) >= 11 is 1.25. The number of carbonyl (C=O) groups is 2. The Labute approximate surface area is 209 Å². The molecule has 8 heteroatoms. The maximum Gasteiger partial charge on any atom is 0.262 e. The van der Waals surface area contributed by atoms with E-state index in [2.05, 4.69) is 5.32 Å². The van der Waals surface area contributed by atoms with Crippen molar-refractivity contribution in [2.24, 2.45) is 0 Å². The molecule has 1 aromatic heterocycles. The third kappa shape index (κ3) is 5.82. The monoisotopic (exact) mass is 493 g/mol. The minimum Gasteiger partial charge on any atom is -0.376 e. The zero-order valence-electron chi connectivity index (χ0n) is 20.6. The van der Waals surface area contributed by atoms with Crippen LogP contribution in [0.5, 0.6) is 0 Å². The lowest BCUT2D eigenvalue weighted by atomic mass is 10.0. The highest BCUT2D eigenvalue weighted by Gasteiger charge is 2.22. The first-order chi connectivity index (χ1) is 16.7. The molecule has 1 atom stereocenters. The number of aryl methyl sites for hydroxylation is 2. The average Bonchev–Trinajstić information content (AvgIpc) is 3.33. The summed E-state index contributed by atoms with van der Waals surface area (Å²) < 4.78 is 7.39. The van der Waals surface area contributed by atoms with E-state index in [0.717, 1.165) is 24.0 Å². The van der Waals surface area contributed by atoms with E-state index >= 15 is 0 Å². The van der Waals surface area contributed by atoms with Crippen molar-refractivity contribution in [1.82, 2.24) is 14.9 Å². The van der Waals surface area contributed by atoms with Crippen LogP contribution < -0.4 is 10.9 Å². The molecular formula is C27H31N3O4S. The summed E-state index contributed by atoms with van der Waals surface area (Å²) in [5.41, 5.74) is 3.32. The number of aromatic nitrogens is 2. The molecule has 1 aliphatic heterocycles. The van der Waals surface area contributed by atoms with Crippen molar-refractivity contribution in [3.05, 3.63) is 69.0 Å². The van der Waals surface area contributed by atoms with E-state index in [9.17, 15) is 14.4 Å². The molecule has 35 heavy (non-hydrogen) atoms. The van der Waals surface area contributed by atoms with Gasteiger partial charge in [0.25, 0.3) is 11.5 Å². The van der Waals surface area contributed by atoms with Crippen molar-refractivity contribution in [1.29, 1.82) is 0 Å². The SMILES string of the molecule is Cc1ccc(C)c(C(=O)CSc2nc3cc(C(=O)NC(C)C)ccc3c(=O)n2CC2CCCO2)c1. The number of carbonyl (C=O) groups excluding carboxylic acids is 2. The normalized spacial score (nSPS) is 15.6. The minimum absolute atomic E-state index is 0.00669. The van der Waals surface area contributed by atoms with Crippen LogP contribution in [-0.2, 0) is 11.3 Å². The lowest BCUT2D eigenvalue weighted by molar-refractivity contribution is 0.0936. The predicted octanol–water partition coefficient (Wildman–Crippen LogP) is 4.31. The van der Waals surface area contributed by atoms with E-state index in [1.807, 2.05) is 45.9 Å². The number of ketones is 1. The van der Waals surface area contributed by atoms with Gasteiger partial charge in [-0.15, -0.1) is 0 Å². The number of benzene rings is 2. The molecule has 0 radical (unpaired) electrons. The number of nitrogens with one attached hydrogen (secondary N) is 1. The topological polar surface area (TPSA) is 90.3 Å². The van der Waals surface area contributed by atoms with Gasteiger partial charge >= 0.3 is 0 Å². The van der Waals surface area contributed by atoms with E-state index in [-0.39, 0.29) is 35.1 Å². The molecule has 7 nitrogen and oxygen atoms in total. The van der Waals surface area contributed by atoms with Gasteiger partial charge < -0.3 is 10.1 Å². The van der Waals surface area contributed by atoms with E-state index in [0.29, 0.717) is 40.3 Å². The molecule has 0 aliphatic carbocycles. The molecule has 1 saturated heterocycles. The summed E-state index contributed by atoms with van der Waals surface area (Å²) in [5, 5.41) is 3.76. The van der Waals surface area contributed by atoms with Crippen molar-refractivity contribution in [2.75, 3.05) is 12.4 Å². The first-order valence-corrected chi connectivity index (χ1v) is 12.9. The highest BCUT2D eigenvalue weighted by molar-refractivity contribution is 7.99. The second kappa shape index (κ2) is 10.7. The van der Waals surface area contributed by atoms with Gasteiger partial charge in [-0.1, -0.05) is 29.5 Å². The van der Waals surface area contributed by atoms with E-state index < -0.39 is 0 Å². The fourth-order valence-corrected chi connectivity index (χ4v) is 5.09. The third-order valence-electron chi connectivity index (χ3n) is 6.04. The van der Waals surface area contributed by atoms with Gasteiger partial charge in [0.2, 0.25) is 0 Å². The number of hydrogen-bond donors (Lipinski definition) is 1. The van der Waals surface area contributed by atoms with Crippen LogP contribution in [0.1, 0.15) is 58.5 Å². The highest BCUT2D eigenvalue weighted by atomic mass is 32.2. The second-order valence-corrected chi connectivity index (χ2v) is 10.3. The fourth-order valence-electron chi connectivity index (χ4n) is 4.19. The molecule has 0 spiro atoms. The van der Waals surface area contributed by atoms with Crippen LogP contribution >= 0.6 is 11.8 Å². The van der Waals surface area contributed by atoms with Crippen molar-refractivity contribution in [2.45, 2.75) is 64.4 Å². The number of Topliss-reactive ketones (excluding diaryl/α,β-unsaturated/α-hetero) is 1. The van der Waals surface area contributed by atoms with Gasteiger partial charge in [0, 0.05) is 23.8 Å². The number of ether oxygens (including phenoxy) is 1. The molecule has 4 rings (SSSR count). The van der Waals surface area contributed by atoms with Crippen molar-refractivity contribution < 1.29 is 14.3 Å². The summed E-state index contributed by atoms with van der Waals surface area (Å²) in [6, 6.07) is 10.8. The number of rotatable bonds is 8. The van der Waals surface area contributed by atoms with Crippen molar-refractivity contribution in [3.63, 3.8) is 0 Å². The molecule has 1 fully saturated rings. The number of thioether (sulfide) groups is 1. The van der Waals surface area contributed by atoms with Crippen LogP contribution in [0.25, 0.3) is 10.9 Å². The largest absolute Gasteiger partial charge is 0.376 e. The Balaban J connectivity index is 1.70. The van der Waals surface area contributed by atoms with Gasteiger partial charge in [0.05, 0.1) is 29.3 Å². The van der Waals surface area contributed by atoms with E-state index in [1.165, 1.54) is 11.8 Å². The van der Waals surface area contributed by atoms with Crippen LogP contribution in [-0.4, -0.2) is 45.7 Å². The van der Waals surface area contributed by atoms with Gasteiger partial charge in [-0.2, -0.15) is 0 Å². The lowest BCUT2D eigenvalue weighted by Gasteiger charge is -2.17. The summed E-state index contributed by atoms with van der Waals surface area (Å²) in [7, 11) is 0. The summed E-state index contributed by atoms with van der Waals surface area (Å²) in [6.45, 7) is 8.73. The smallest absolute Gasteiger partial charge is 0.262 e. The molecule has 0 saturated carbocycles. The fraction of sp³-hybridized carbons (Fsp3) is 0.407. The number of amides is 1. The lowest BCUT2D eigenvalue weighted by Crippen LogP contribution is -2.31. The van der Waals surface area contributed by atoms with Gasteiger partial charge in [-0.05, 0) is 70.4 Å². The maximum absolute atomic E-state index is 13.5. The number of hydrogen-bond acceptors (Lipinski definition) is 6. The van der Waals surface area contributed by atoms with E-state index in [1.54, 1.807) is 22.8 Å². The molecule has 1 amide bonds. The van der Waals surface area contributed by atoms with Crippen molar-refractivity contribution in [3.8, 4) is 0 Å². The van der Waals surface area contributed by atoms with Gasteiger partial charge in [0.1, 0.15) is 0 Å². The van der Waals surface area contributed by atoms with Crippen LogP contribution in [0.4, 0.5) is 0 Å². The summed E-state index contributed by atoms with van der Waals surface area (Å²) in [6.07, 6.45) is 1.78. The Morgan fingerprint density at radius 2 is 2.00 bits per heavy atom. The number of nitrogens with zero attached hydrogens (tertiary/aromatic N) is 2. The predicted molar refractivity (Wildman–Crippen MR) is 139 cm³/mol. The zero-order valence-corrected chi connectivity index (χ0v) is 21.4. The third-order valence-corrected chi connectivity index (χ3v) is 7.01. The Bertz CT molecular complexity index is 1330. The first kappa shape index (κ1) is 25.1. The van der Waals surface area contributed by atoms with Crippen LogP contribution in [0.3, 0.4) is 0 Å². The molecule has 2 heterocycles. The Morgan fingerprint density at radius 3 is 2.71 bits per heavy atom. The molecule has 2 aromatic carbocycles. The maximum atomic E-state index is 13.5. The Hall–Kier alpha value is -2.97. The summed E-state index contributed by atoms with van der Waals surface area (Å²) in [5.74, 6) is -0.0767. The van der Waals surface area contributed by atoms with Gasteiger partial charge in [0.15, 0.2) is 10.9 Å². The van der Waals surface area contributed by atoms with Crippen LogP contribution in [0.15, 0.2) is 46.3 Å². The summed E-state index contributed by atoms with van der Waals surface area (Å²) in [4.78, 5) is 43.8. The van der Waals surface area contributed by atoms with Gasteiger partial charge in [-0.3, -0.25) is 19.0 Å². The minimum atomic E-state index is -0.216. The first-order valence-electron chi connectivity index (χ1n) is 11.9. The average molecular weight is 494 g/mol. The van der Waals surface area contributed by atoms with E-state index in [4.69, 9.17) is 9.72 Å². The van der Waals surface area contributed by atoms with Crippen molar-refractivity contribution >= 4 is 34.4 Å². The van der Waals surface area contributed by atoms with Gasteiger partial charge in [-0.25, -0.2) is 4.98 Å². The molecular weight excluding hydrogens is 462 g/mol. The number of fused-ring (bicyclic) bond motifs is 1. The highest BCUT2D eigenvalue weighted by Crippen LogP contribution is 2.23. The van der Waals surface area contributed by atoms with Crippen LogP contribution in [0.2, 0.25) is 0 Å². The molecule has 3 aromatic rings. The standard InChI is InChI=1S/C27H31N3O4S/c1-16(2)28-25(32)19-9-10-21-23(13-19)29-27(30(26(21)33)14-20-6-5-11-34-20)35-15-24(31)22-12-17(3)7-8-18(22)4/h7-10,12-13,16,20H,5-6,11,14-15H2,1-4H3,(H,28,32). The second-order valence-electron chi connectivity index (χ2n) is 9.34.